The fourth-order valence-corrected chi connectivity index (χ4v) is 0.979. The summed E-state index contributed by atoms with van der Waals surface area (Å²) in [4.78, 5) is 32.7. The van der Waals surface area contributed by atoms with Crippen molar-refractivity contribution < 1.29 is 24.2 Å². The highest BCUT2D eigenvalue weighted by Gasteiger charge is 2.21. The molecule has 0 fully saturated rings. The van der Waals surface area contributed by atoms with Crippen LogP contribution in [0.2, 0.25) is 0 Å². The summed E-state index contributed by atoms with van der Waals surface area (Å²) < 4.78 is 4.44. The van der Waals surface area contributed by atoms with Crippen LogP contribution >= 0.6 is 0 Å². The first-order valence-electron chi connectivity index (χ1n) is 4.48. The third-order valence-electron chi connectivity index (χ3n) is 1.75. The van der Waals surface area contributed by atoms with E-state index in [1.807, 2.05) is 0 Å². The summed E-state index contributed by atoms with van der Waals surface area (Å²) in [6, 6.07) is -0.876. The predicted molar refractivity (Wildman–Crippen MR) is 50.9 cm³/mol. The first-order chi connectivity index (χ1) is 7.01. The van der Waals surface area contributed by atoms with Crippen molar-refractivity contribution in [2.24, 2.45) is 0 Å². The molecule has 0 unspecified atom stereocenters. The van der Waals surface area contributed by atoms with E-state index in [9.17, 15) is 14.4 Å². The van der Waals surface area contributed by atoms with Crippen molar-refractivity contribution in [3.63, 3.8) is 0 Å². The van der Waals surface area contributed by atoms with Gasteiger partial charge >= 0.3 is 5.97 Å². The van der Waals surface area contributed by atoms with Gasteiger partial charge in [0.25, 0.3) is 0 Å². The number of aliphatic hydroxyl groups is 1. The van der Waals surface area contributed by atoms with Crippen molar-refractivity contribution >= 4 is 17.7 Å². The van der Waals surface area contributed by atoms with Gasteiger partial charge in [-0.2, -0.15) is 0 Å². The molecule has 0 aliphatic rings. The minimum absolute atomic E-state index is 0.0813. The normalized spacial score (nSPS) is 11.7. The van der Waals surface area contributed by atoms with Gasteiger partial charge in [0.2, 0.25) is 5.91 Å². The number of Topliss-reactive ketones (excluding diaryl/α,β-unsaturated/α-hetero) is 1. The molecule has 0 aliphatic heterocycles. The van der Waals surface area contributed by atoms with Crippen LogP contribution in [0.25, 0.3) is 0 Å². The van der Waals surface area contributed by atoms with Gasteiger partial charge in [-0.05, 0) is 13.3 Å². The number of ketones is 1. The number of ether oxygens (including phenoxy) is 1. The second kappa shape index (κ2) is 6.94. The predicted octanol–water partition coefficient (Wildman–Crippen LogP) is -0.994. The summed E-state index contributed by atoms with van der Waals surface area (Å²) in [6.07, 6.45) is 0.346. The Kier molecular flexibility index (Phi) is 6.28. The highest BCUT2D eigenvalue weighted by Crippen LogP contribution is 2.00. The number of carbonyl (C=O) groups excluding carboxylic acids is 3. The third-order valence-corrected chi connectivity index (χ3v) is 1.75. The van der Waals surface area contributed by atoms with Crippen LogP contribution in [0.1, 0.15) is 19.8 Å². The number of carbonyl (C=O) groups is 3. The molecule has 0 aliphatic carbocycles. The number of hydrogen-bond acceptors (Lipinski definition) is 5. The number of methoxy groups -OCH3 is 1. The number of amides is 1. The minimum atomic E-state index is -0.876. The average molecular weight is 217 g/mol. The first kappa shape index (κ1) is 13.6. The highest BCUT2D eigenvalue weighted by molar-refractivity contribution is 5.85. The summed E-state index contributed by atoms with van der Waals surface area (Å²) >= 11 is 0. The Morgan fingerprint density at radius 3 is 2.40 bits per heavy atom. The van der Waals surface area contributed by atoms with Crippen molar-refractivity contribution in [2.45, 2.75) is 25.8 Å². The number of nitrogens with one attached hydrogen (secondary N) is 1. The van der Waals surface area contributed by atoms with Crippen molar-refractivity contribution in [1.29, 1.82) is 0 Å². The lowest BCUT2D eigenvalue weighted by molar-refractivity contribution is -0.145. The maximum atomic E-state index is 11.1. The molecule has 0 radical (unpaired) electrons. The van der Waals surface area contributed by atoms with Crippen molar-refractivity contribution in [1.82, 2.24) is 5.32 Å². The summed E-state index contributed by atoms with van der Waals surface area (Å²) in [6.45, 7) is 0.690. The molecular weight excluding hydrogens is 202 g/mol. The lowest BCUT2D eigenvalue weighted by atomic mass is 10.1. The number of esters is 1. The van der Waals surface area contributed by atoms with Gasteiger partial charge in [-0.1, -0.05) is 0 Å². The van der Waals surface area contributed by atoms with Gasteiger partial charge in [0.05, 0.1) is 7.11 Å². The molecular formula is C9H15NO5. The maximum Gasteiger partial charge on any atom is 0.328 e. The van der Waals surface area contributed by atoms with Gasteiger partial charge in [0.15, 0.2) is 0 Å². The fourth-order valence-electron chi connectivity index (χ4n) is 0.979. The monoisotopic (exact) mass is 217 g/mol. The zero-order chi connectivity index (χ0) is 11.8. The molecule has 15 heavy (non-hydrogen) atoms. The molecule has 0 aromatic carbocycles. The van der Waals surface area contributed by atoms with Crippen molar-refractivity contribution in [3.05, 3.63) is 0 Å². The van der Waals surface area contributed by atoms with E-state index in [2.05, 4.69) is 10.1 Å². The van der Waals surface area contributed by atoms with Crippen LogP contribution < -0.4 is 5.32 Å². The molecule has 0 spiro atoms. The smallest absolute Gasteiger partial charge is 0.328 e. The highest BCUT2D eigenvalue weighted by atomic mass is 16.5. The standard InChI is InChI=1S/C9H15NO5/c1-6(12)3-4-7(9(14)15-2)10-8(13)5-11/h7,11H,3-5H2,1-2H3,(H,10,13)/t7-/m1/s1. The molecule has 2 N–H and O–H groups in total. The van der Waals surface area contributed by atoms with E-state index >= 15 is 0 Å². The second-order valence-electron chi connectivity index (χ2n) is 3.04. The van der Waals surface area contributed by atoms with E-state index in [0.717, 1.165) is 0 Å². The zero-order valence-electron chi connectivity index (χ0n) is 8.78. The van der Waals surface area contributed by atoms with E-state index < -0.39 is 24.5 Å². The van der Waals surface area contributed by atoms with Crippen LogP contribution in [-0.2, 0) is 19.1 Å². The SMILES string of the molecule is COC(=O)[C@@H](CCC(C)=O)NC(=O)CO. The Labute approximate surface area is 87.6 Å². The summed E-state index contributed by atoms with van der Waals surface area (Å²) in [5.74, 6) is -1.38. The van der Waals surface area contributed by atoms with Gasteiger partial charge in [-0.3, -0.25) is 4.79 Å². The lowest BCUT2D eigenvalue weighted by Gasteiger charge is -2.14. The maximum absolute atomic E-state index is 11.1. The Morgan fingerprint density at radius 1 is 1.40 bits per heavy atom. The van der Waals surface area contributed by atoms with Gasteiger partial charge < -0.3 is 20.0 Å². The fraction of sp³-hybridized carbons (Fsp3) is 0.667. The number of aliphatic hydroxyl groups excluding tert-OH is 1. The van der Waals surface area contributed by atoms with Crippen LogP contribution in [0.4, 0.5) is 0 Å². The topological polar surface area (TPSA) is 92.7 Å². The average Bonchev–Trinajstić information content (AvgIpc) is 2.22. The second-order valence-corrected chi connectivity index (χ2v) is 3.04. The van der Waals surface area contributed by atoms with E-state index in [-0.39, 0.29) is 18.6 Å². The van der Waals surface area contributed by atoms with Gasteiger partial charge in [-0.15, -0.1) is 0 Å². The van der Waals surface area contributed by atoms with Gasteiger partial charge in [0, 0.05) is 6.42 Å². The molecule has 86 valence electrons. The molecule has 1 atom stereocenters. The molecule has 0 aromatic heterocycles. The first-order valence-corrected chi connectivity index (χ1v) is 4.48. The summed E-state index contributed by atoms with van der Waals surface area (Å²) in [7, 11) is 1.19. The van der Waals surface area contributed by atoms with E-state index in [0.29, 0.717) is 0 Å². The van der Waals surface area contributed by atoms with E-state index in [1.165, 1.54) is 14.0 Å². The molecule has 6 heteroatoms. The van der Waals surface area contributed by atoms with Crippen LogP contribution in [0.15, 0.2) is 0 Å². The van der Waals surface area contributed by atoms with Crippen molar-refractivity contribution in [3.8, 4) is 0 Å². The quantitative estimate of drug-likeness (QED) is 0.557. The summed E-state index contributed by atoms with van der Waals surface area (Å²) in [5, 5.41) is 10.7. The van der Waals surface area contributed by atoms with Crippen LogP contribution in [0.3, 0.4) is 0 Å². The number of hydrogen-bond donors (Lipinski definition) is 2. The Morgan fingerprint density at radius 2 is 2.00 bits per heavy atom. The molecule has 0 rings (SSSR count). The van der Waals surface area contributed by atoms with Crippen LogP contribution in [0.5, 0.6) is 0 Å². The Bertz CT molecular complexity index is 251. The van der Waals surface area contributed by atoms with E-state index in [1.54, 1.807) is 0 Å². The van der Waals surface area contributed by atoms with E-state index in [4.69, 9.17) is 5.11 Å². The largest absolute Gasteiger partial charge is 0.467 e. The molecule has 6 nitrogen and oxygen atoms in total. The Hall–Kier alpha value is -1.43. The molecule has 1 amide bonds. The van der Waals surface area contributed by atoms with Gasteiger partial charge in [-0.25, -0.2) is 4.79 Å². The minimum Gasteiger partial charge on any atom is -0.467 e. The molecule has 0 aromatic rings. The molecule has 0 saturated heterocycles. The van der Waals surface area contributed by atoms with Crippen LogP contribution in [-0.4, -0.2) is 42.5 Å². The molecule has 0 saturated carbocycles. The zero-order valence-corrected chi connectivity index (χ0v) is 8.78. The van der Waals surface area contributed by atoms with Crippen LogP contribution in [0, 0.1) is 0 Å². The lowest BCUT2D eigenvalue weighted by Crippen LogP contribution is -2.42. The molecule has 0 bridgehead atoms. The Balaban J connectivity index is 4.24. The van der Waals surface area contributed by atoms with Gasteiger partial charge in [0.1, 0.15) is 18.4 Å². The van der Waals surface area contributed by atoms with Crippen molar-refractivity contribution in [2.75, 3.05) is 13.7 Å². The number of rotatable bonds is 6. The molecule has 0 heterocycles. The summed E-state index contributed by atoms with van der Waals surface area (Å²) in [5.41, 5.74) is 0. The third kappa shape index (κ3) is 5.79.